The van der Waals surface area contributed by atoms with Crippen molar-refractivity contribution in [3.05, 3.63) is 60.3 Å². The molecule has 2 unspecified atom stereocenters. The van der Waals surface area contributed by atoms with Gasteiger partial charge >= 0.3 is 0 Å². The van der Waals surface area contributed by atoms with E-state index in [2.05, 4.69) is 20.5 Å². The van der Waals surface area contributed by atoms with Crippen LogP contribution >= 0.6 is 0 Å². The number of rotatable bonds is 10. The van der Waals surface area contributed by atoms with Crippen molar-refractivity contribution in [2.45, 2.75) is 26.3 Å². The Balaban J connectivity index is 1.51. The molecular weight excluding hydrogens is 454 g/mol. The largest absolute Gasteiger partial charge is 0.354 e. The first kappa shape index (κ1) is 25.6. The van der Waals surface area contributed by atoms with Gasteiger partial charge < -0.3 is 15.5 Å². The van der Waals surface area contributed by atoms with Crippen molar-refractivity contribution in [3.63, 3.8) is 0 Å². The molecule has 0 bridgehead atoms. The molecule has 1 aromatic heterocycles. The highest BCUT2D eigenvalue weighted by Gasteiger charge is 2.29. The average molecular weight is 488 g/mol. The second kappa shape index (κ2) is 11.9. The zero-order valence-electron chi connectivity index (χ0n) is 19.7. The van der Waals surface area contributed by atoms with E-state index in [1.54, 1.807) is 30.5 Å². The molecule has 3 rings (SSSR count). The Morgan fingerprint density at radius 3 is 2.32 bits per heavy atom. The molecular formula is C24H33N5O4S. The lowest BCUT2D eigenvalue weighted by atomic mass is 9.98. The third-order valence-electron chi connectivity index (χ3n) is 6.08. The summed E-state index contributed by atoms with van der Waals surface area (Å²) in [5.74, 6) is -0.181. The van der Waals surface area contributed by atoms with E-state index in [-0.39, 0.29) is 30.0 Å². The van der Waals surface area contributed by atoms with Gasteiger partial charge in [0.15, 0.2) is 0 Å². The zero-order valence-corrected chi connectivity index (χ0v) is 20.5. The molecule has 2 amide bonds. The average Bonchev–Trinajstić information content (AvgIpc) is 2.87. The van der Waals surface area contributed by atoms with Crippen LogP contribution in [0.25, 0.3) is 0 Å². The van der Waals surface area contributed by atoms with Crippen LogP contribution in [0.4, 0.5) is 5.82 Å². The van der Waals surface area contributed by atoms with Crippen molar-refractivity contribution in [2.75, 3.05) is 43.4 Å². The SMILES string of the molecule is CCC(C)C(NC(=O)c1ccccc1)C(=O)NCCS(=O)(=O)N1CCN(c2ccccn2)CC1. The fourth-order valence-electron chi connectivity index (χ4n) is 3.79. The third-order valence-corrected chi connectivity index (χ3v) is 7.95. The number of benzene rings is 1. The molecule has 0 aliphatic carbocycles. The minimum atomic E-state index is -3.52. The number of carbonyl (C=O) groups is 2. The highest BCUT2D eigenvalue weighted by Crippen LogP contribution is 2.15. The maximum Gasteiger partial charge on any atom is 0.251 e. The number of sulfonamides is 1. The fourth-order valence-corrected chi connectivity index (χ4v) is 5.13. The Kier molecular flexibility index (Phi) is 9.00. The van der Waals surface area contributed by atoms with Crippen LogP contribution in [0.15, 0.2) is 54.7 Å². The van der Waals surface area contributed by atoms with Gasteiger partial charge in [-0.15, -0.1) is 0 Å². The minimum absolute atomic E-state index is 0.0181. The number of hydrogen-bond donors (Lipinski definition) is 2. The number of anilines is 1. The topological polar surface area (TPSA) is 112 Å². The molecule has 34 heavy (non-hydrogen) atoms. The van der Waals surface area contributed by atoms with Crippen LogP contribution in [0.3, 0.4) is 0 Å². The number of carbonyl (C=O) groups excluding carboxylic acids is 2. The van der Waals surface area contributed by atoms with E-state index < -0.39 is 16.1 Å². The standard InChI is InChI=1S/C24H33N5O4S/c1-3-19(2)22(27-23(30)20-9-5-4-6-10-20)24(31)26-13-18-34(32,33)29-16-14-28(15-17-29)21-11-7-8-12-25-21/h4-12,19,22H,3,13-18H2,1-2H3,(H,26,31)(H,27,30). The summed E-state index contributed by atoms with van der Waals surface area (Å²) in [5.41, 5.74) is 0.469. The van der Waals surface area contributed by atoms with Gasteiger partial charge in [0.2, 0.25) is 15.9 Å². The van der Waals surface area contributed by atoms with Crippen LogP contribution in [0.1, 0.15) is 30.6 Å². The first-order chi connectivity index (χ1) is 16.3. The smallest absolute Gasteiger partial charge is 0.251 e. The molecule has 1 aromatic carbocycles. The van der Waals surface area contributed by atoms with Gasteiger partial charge in [-0.05, 0) is 30.2 Å². The van der Waals surface area contributed by atoms with E-state index in [4.69, 9.17) is 0 Å². The van der Waals surface area contributed by atoms with Gasteiger partial charge in [-0.1, -0.05) is 44.5 Å². The first-order valence-electron chi connectivity index (χ1n) is 11.6. The Morgan fingerprint density at radius 2 is 1.71 bits per heavy atom. The van der Waals surface area contributed by atoms with Gasteiger partial charge in [-0.2, -0.15) is 4.31 Å². The molecule has 0 radical (unpaired) electrons. The van der Waals surface area contributed by atoms with Gasteiger partial charge in [-0.3, -0.25) is 9.59 Å². The summed E-state index contributed by atoms with van der Waals surface area (Å²) in [4.78, 5) is 31.7. The zero-order chi connectivity index (χ0) is 24.6. The molecule has 1 saturated heterocycles. The van der Waals surface area contributed by atoms with Gasteiger partial charge in [-0.25, -0.2) is 13.4 Å². The second-order valence-electron chi connectivity index (χ2n) is 8.38. The van der Waals surface area contributed by atoms with Crippen LogP contribution in [-0.4, -0.2) is 74.0 Å². The highest BCUT2D eigenvalue weighted by atomic mass is 32.2. The number of pyridine rings is 1. The normalized spacial score (nSPS) is 16.5. The molecule has 10 heteroatoms. The Bertz CT molecular complexity index is 1040. The van der Waals surface area contributed by atoms with Crippen LogP contribution in [0.2, 0.25) is 0 Å². The second-order valence-corrected chi connectivity index (χ2v) is 10.5. The summed E-state index contributed by atoms with van der Waals surface area (Å²) in [6.45, 7) is 5.66. The summed E-state index contributed by atoms with van der Waals surface area (Å²) < 4.78 is 27.1. The molecule has 2 aromatic rings. The van der Waals surface area contributed by atoms with E-state index in [1.165, 1.54) is 4.31 Å². The summed E-state index contributed by atoms with van der Waals surface area (Å²) in [7, 11) is -3.52. The molecule has 1 aliphatic heterocycles. The predicted molar refractivity (Wildman–Crippen MR) is 132 cm³/mol. The quantitative estimate of drug-likeness (QED) is 0.525. The van der Waals surface area contributed by atoms with Gasteiger partial charge in [0, 0.05) is 44.5 Å². The first-order valence-corrected chi connectivity index (χ1v) is 13.2. The van der Waals surface area contributed by atoms with Crippen LogP contribution in [0.5, 0.6) is 0 Å². The van der Waals surface area contributed by atoms with E-state index in [0.717, 1.165) is 5.82 Å². The van der Waals surface area contributed by atoms with Crippen molar-refractivity contribution >= 4 is 27.7 Å². The molecule has 1 aliphatic rings. The lowest BCUT2D eigenvalue weighted by molar-refractivity contribution is -0.124. The molecule has 184 valence electrons. The van der Waals surface area contributed by atoms with Gasteiger partial charge in [0.05, 0.1) is 5.75 Å². The number of aromatic nitrogens is 1. The highest BCUT2D eigenvalue weighted by molar-refractivity contribution is 7.89. The Morgan fingerprint density at radius 1 is 1.03 bits per heavy atom. The van der Waals surface area contributed by atoms with Crippen molar-refractivity contribution < 1.29 is 18.0 Å². The molecule has 1 fully saturated rings. The van der Waals surface area contributed by atoms with E-state index >= 15 is 0 Å². The number of nitrogens with one attached hydrogen (secondary N) is 2. The fraction of sp³-hybridized carbons (Fsp3) is 0.458. The van der Waals surface area contributed by atoms with Crippen LogP contribution in [-0.2, 0) is 14.8 Å². The molecule has 2 N–H and O–H groups in total. The Labute approximate surface area is 201 Å². The van der Waals surface area contributed by atoms with E-state index in [0.29, 0.717) is 38.2 Å². The van der Waals surface area contributed by atoms with Crippen LogP contribution < -0.4 is 15.5 Å². The van der Waals surface area contributed by atoms with Crippen molar-refractivity contribution in [1.29, 1.82) is 0 Å². The number of nitrogens with zero attached hydrogens (tertiary/aromatic N) is 3. The maximum atomic E-state index is 12.8. The monoisotopic (exact) mass is 487 g/mol. The lowest BCUT2D eigenvalue weighted by Gasteiger charge is -2.34. The molecule has 0 spiro atoms. The molecule has 0 saturated carbocycles. The van der Waals surface area contributed by atoms with E-state index in [9.17, 15) is 18.0 Å². The molecule has 2 heterocycles. The number of piperazine rings is 1. The van der Waals surface area contributed by atoms with Gasteiger partial charge in [0.25, 0.3) is 5.91 Å². The minimum Gasteiger partial charge on any atom is -0.354 e. The van der Waals surface area contributed by atoms with Crippen molar-refractivity contribution in [1.82, 2.24) is 19.9 Å². The predicted octanol–water partition coefficient (Wildman–Crippen LogP) is 1.49. The van der Waals surface area contributed by atoms with Crippen LogP contribution in [0, 0.1) is 5.92 Å². The summed E-state index contributed by atoms with van der Waals surface area (Å²) in [6, 6.07) is 13.6. The number of amides is 2. The molecule has 9 nitrogen and oxygen atoms in total. The third kappa shape index (κ3) is 6.77. The lowest BCUT2D eigenvalue weighted by Crippen LogP contribution is -2.52. The van der Waals surface area contributed by atoms with Gasteiger partial charge in [0.1, 0.15) is 11.9 Å². The van der Waals surface area contributed by atoms with Crippen molar-refractivity contribution in [2.24, 2.45) is 5.92 Å². The Hall–Kier alpha value is -2.98. The number of hydrogen-bond acceptors (Lipinski definition) is 6. The summed E-state index contributed by atoms with van der Waals surface area (Å²) >= 11 is 0. The summed E-state index contributed by atoms with van der Waals surface area (Å²) in [6.07, 6.45) is 2.40. The van der Waals surface area contributed by atoms with Crippen molar-refractivity contribution in [3.8, 4) is 0 Å². The molecule has 2 atom stereocenters. The van der Waals surface area contributed by atoms with E-state index in [1.807, 2.05) is 38.1 Å². The summed E-state index contributed by atoms with van der Waals surface area (Å²) in [5, 5.41) is 5.50. The maximum absolute atomic E-state index is 12.8.